The summed E-state index contributed by atoms with van der Waals surface area (Å²) < 4.78 is 0. The summed E-state index contributed by atoms with van der Waals surface area (Å²) in [4.78, 5) is 0. The molecule has 1 radical (unpaired) electrons. The molecular weight excluding hydrogens is 475 g/mol. The minimum atomic E-state index is 0. The molecule has 4 heteroatoms. The minimum Gasteiger partial charge on any atom is -0.507 e. The summed E-state index contributed by atoms with van der Waals surface area (Å²) >= 11 is 0. The van der Waals surface area contributed by atoms with Gasteiger partial charge in [0.25, 0.3) is 0 Å². The van der Waals surface area contributed by atoms with Crippen LogP contribution in [0.4, 0.5) is 0 Å². The van der Waals surface area contributed by atoms with Crippen LogP contribution in [-0.2, 0) is 0 Å². The van der Waals surface area contributed by atoms with Gasteiger partial charge in [0, 0.05) is 35.6 Å². The van der Waals surface area contributed by atoms with E-state index in [0.29, 0.717) is 17.2 Å². The Labute approximate surface area is 196 Å². The van der Waals surface area contributed by atoms with Crippen LogP contribution in [0.25, 0.3) is 0 Å². The Morgan fingerprint density at radius 1 is 0.393 bits per heavy atom. The number of phenolic OH excluding ortho intramolecular Hbond substituents is 3. The monoisotopic (exact) mass is 505 g/mol. The first-order valence-electron chi connectivity index (χ1n) is 8.90. The zero-order valence-electron chi connectivity index (χ0n) is 17.6. The summed E-state index contributed by atoms with van der Waals surface area (Å²) in [5, 5.41) is 27.6. The summed E-state index contributed by atoms with van der Waals surface area (Å²) in [6, 6.07) is 17.2. The molecule has 0 aliphatic carbocycles. The van der Waals surface area contributed by atoms with E-state index in [2.05, 4.69) is 0 Å². The average molecular weight is 505 g/mol. The Morgan fingerprint density at radius 2 is 0.536 bits per heavy atom. The van der Waals surface area contributed by atoms with Gasteiger partial charge in [-0.15, -0.1) is 0 Å². The number of hydrogen-bond acceptors (Lipinski definition) is 3. The topological polar surface area (TPSA) is 60.7 Å². The predicted octanol–water partition coefficient (Wildman–Crippen LogP) is 6.03. The van der Waals surface area contributed by atoms with Gasteiger partial charge in [-0.2, -0.15) is 0 Å². The van der Waals surface area contributed by atoms with Crippen molar-refractivity contribution in [2.24, 2.45) is 0 Å². The minimum absolute atomic E-state index is 0. The predicted molar refractivity (Wildman–Crippen MR) is 113 cm³/mol. The van der Waals surface area contributed by atoms with Gasteiger partial charge < -0.3 is 15.3 Å². The quantitative estimate of drug-likeness (QED) is 0.350. The third kappa shape index (κ3) is 8.09. The van der Waals surface area contributed by atoms with Crippen LogP contribution in [0.3, 0.4) is 0 Å². The largest absolute Gasteiger partial charge is 0.507 e. The molecule has 3 rings (SSSR count). The molecule has 0 heterocycles. The van der Waals surface area contributed by atoms with Gasteiger partial charge in [-0.25, -0.2) is 0 Å². The molecule has 0 spiro atoms. The molecule has 3 aromatic rings. The van der Waals surface area contributed by atoms with E-state index in [-0.39, 0.29) is 35.6 Å². The number of hydrogen-bond donors (Lipinski definition) is 3. The van der Waals surface area contributed by atoms with Crippen molar-refractivity contribution in [3.63, 3.8) is 0 Å². The number of phenols is 3. The van der Waals surface area contributed by atoms with E-state index in [4.69, 9.17) is 0 Å². The van der Waals surface area contributed by atoms with Crippen LogP contribution in [0.1, 0.15) is 33.4 Å². The van der Waals surface area contributed by atoms with E-state index < -0.39 is 0 Å². The van der Waals surface area contributed by atoms with Crippen molar-refractivity contribution in [1.29, 1.82) is 0 Å². The van der Waals surface area contributed by atoms with Gasteiger partial charge >= 0.3 is 0 Å². The summed E-state index contributed by atoms with van der Waals surface area (Å²) in [6.45, 7) is 11.3. The van der Waals surface area contributed by atoms with E-state index in [1.165, 1.54) is 0 Å². The van der Waals surface area contributed by atoms with Crippen molar-refractivity contribution >= 4 is 0 Å². The van der Waals surface area contributed by atoms with E-state index in [9.17, 15) is 15.3 Å². The summed E-state index contributed by atoms with van der Waals surface area (Å²) in [5.74, 6) is 1.24. The first kappa shape index (κ1) is 26.3. The number of rotatable bonds is 0. The Bertz CT molecular complexity index is 711. The van der Waals surface area contributed by atoms with Crippen LogP contribution in [0.2, 0.25) is 0 Å². The second-order valence-electron chi connectivity index (χ2n) is 6.72. The summed E-state index contributed by atoms with van der Waals surface area (Å²) in [7, 11) is 0. The maximum absolute atomic E-state index is 9.21. The number of aromatic hydroxyl groups is 3. The molecule has 0 saturated carbocycles. The maximum Gasteiger partial charge on any atom is 0.121 e. The Morgan fingerprint density at radius 3 is 0.643 bits per heavy atom. The molecule has 3 nitrogen and oxygen atoms in total. The standard InChI is InChI=1S/3C8H10O.La/c3*1-6-4-3-5-7(2)8(6)9;/h3*3-5,9H,1-2H3;. The van der Waals surface area contributed by atoms with Crippen molar-refractivity contribution in [3.05, 3.63) is 88.0 Å². The van der Waals surface area contributed by atoms with E-state index in [0.717, 1.165) is 33.4 Å². The molecule has 0 aliphatic heterocycles. The average Bonchev–Trinajstić information content (AvgIpc) is 2.63. The van der Waals surface area contributed by atoms with E-state index in [1.807, 2.05) is 96.1 Å². The number of benzene rings is 3. The molecule has 0 bridgehead atoms. The van der Waals surface area contributed by atoms with Gasteiger partial charge in [-0.05, 0) is 74.9 Å². The van der Waals surface area contributed by atoms with Crippen LogP contribution < -0.4 is 0 Å². The third-order valence-electron chi connectivity index (χ3n) is 4.32. The second-order valence-corrected chi connectivity index (χ2v) is 6.72. The van der Waals surface area contributed by atoms with Crippen molar-refractivity contribution in [2.45, 2.75) is 41.5 Å². The van der Waals surface area contributed by atoms with Gasteiger partial charge in [0.05, 0.1) is 0 Å². The van der Waals surface area contributed by atoms with Crippen LogP contribution in [0.15, 0.2) is 54.6 Å². The molecule has 0 unspecified atom stereocenters. The van der Waals surface area contributed by atoms with Gasteiger partial charge in [0.15, 0.2) is 0 Å². The fourth-order valence-electron chi connectivity index (χ4n) is 2.42. The van der Waals surface area contributed by atoms with Crippen molar-refractivity contribution < 1.29 is 50.9 Å². The Hall–Kier alpha value is -1.75. The third-order valence-corrected chi connectivity index (χ3v) is 4.32. The molecule has 3 aromatic carbocycles. The molecule has 0 atom stereocenters. The molecule has 3 N–H and O–H groups in total. The normalized spacial score (nSPS) is 9.21. The SMILES string of the molecule is Cc1cccc(C)c1O.Cc1cccc(C)c1O.Cc1cccc(C)c1O.[La]. The zero-order chi connectivity index (χ0) is 20.6. The molecule has 0 amide bonds. The number of para-hydroxylation sites is 3. The maximum atomic E-state index is 9.21. The number of aryl methyl sites for hydroxylation is 6. The molecule has 0 saturated heterocycles. The molecule has 147 valence electrons. The molecule has 0 aliphatic rings. The van der Waals surface area contributed by atoms with Crippen LogP contribution in [0, 0.1) is 77.1 Å². The van der Waals surface area contributed by atoms with Gasteiger partial charge in [-0.3, -0.25) is 0 Å². The smallest absolute Gasteiger partial charge is 0.121 e. The first-order chi connectivity index (χ1) is 12.6. The molecule has 0 fully saturated rings. The Kier molecular flexibility index (Phi) is 11.9. The Balaban J connectivity index is 0.000000384. The van der Waals surface area contributed by atoms with Crippen LogP contribution in [-0.4, -0.2) is 15.3 Å². The fraction of sp³-hybridized carbons (Fsp3) is 0.250. The van der Waals surface area contributed by atoms with E-state index in [1.54, 1.807) is 0 Å². The van der Waals surface area contributed by atoms with E-state index >= 15 is 0 Å². The zero-order valence-corrected chi connectivity index (χ0v) is 21.2. The van der Waals surface area contributed by atoms with Crippen LogP contribution >= 0.6 is 0 Å². The summed E-state index contributed by atoms with van der Waals surface area (Å²) in [6.07, 6.45) is 0. The molecule has 28 heavy (non-hydrogen) atoms. The van der Waals surface area contributed by atoms with Gasteiger partial charge in [0.1, 0.15) is 17.2 Å². The summed E-state index contributed by atoms with van der Waals surface area (Å²) in [5.41, 5.74) is 5.64. The van der Waals surface area contributed by atoms with Crippen molar-refractivity contribution in [2.75, 3.05) is 0 Å². The van der Waals surface area contributed by atoms with Gasteiger partial charge in [-0.1, -0.05) is 54.6 Å². The molecule has 0 aromatic heterocycles. The van der Waals surface area contributed by atoms with Crippen LogP contribution in [0.5, 0.6) is 17.2 Å². The fourth-order valence-corrected chi connectivity index (χ4v) is 2.42. The van der Waals surface area contributed by atoms with Gasteiger partial charge in [0.2, 0.25) is 0 Å². The van der Waals surface area contributed by atoms with Crippen molar-refractivity contribution in [3.8, 4) is 17.2 Å². The van der Waals surface area contributed by atoms with Crippen molar-refractivity contribution in [1.82, 2.24) is 0 Å². The second kappa shape index (κ2) is 12.7. The molecular formula is C24H30LaO3. The first-order valence-corrected chi connectivity index (χ1v) is 8.90.